The molecule has 4 aliphatic carbocycles. The van der Waals surface area contributed by atoms with Crippen molar-refractivity contribution in [2.75, 3.05) is 0 Å². The highest BCUT2D eigenvalue weighted by molar-refractivity contribution is 5.25. The molecule has 5 heteroatoms. The van der Waals surface area contributed by atoms with Crippen LogP contribution >= 0.6 is 0 Å². The normalized spacial score (nSPS) is 49.7. The topological polar surface area (TPSA) is 79.2 Å². The second kappa shape index (κ2) is 11.1. The second-order valence-electron chi connectivity index (χ2n) is 15.0. The Kier molecular flexibility index (Phi) is 8.47. The highest BCUT2D eigenvalue weighted by Gasteiger charge is 2.59. The van der Waals surface area contributed by atoms with E-state index in [4.69, 9.17) is 9.47 Å². The number of fused-ring (bicyclic) bond motifs is 5. The molecular formula is C33H56O5. The van der Waals surface area contributed by atoms with E-state index >= 15 is 0 Å². The number of hydrogen-bond acceptors (Lipinski definition) is 5. The van der Waals surface area contributed by atoms with Crippen LogP contribution in [0.4, 0.5) is 0 Å². The van der Waals surface area contributed by atoms with Gasteiger partial charge in [0.15, 0.2) is 6.29 Å². The summed E-state index contributed by atoms with van der Waals surface area (Å²) in [4.78, 5) is 0. The number of allylic oxidation sites excluding steroid dienone is 1. The van der Waals surface area contributed by atoms with Crippen molar-refractivity contribution in [3.63, 3.8) is 0 Å². The number of aliphatic hydroxyl groups excluding tert-OH is 3. The summed E-state index contributed by atoms with van der Waals surface area (Å²) in [5, 5.41) is 30.7. The molecule has 0 bridgehead atoms. The fourth-order valence-electron chi connectivity index (χ4n) is 10.1. The summed E-state index contributed by atoms with van der Waals surface area (Å²) >= 11 is 0. The van der Waals surface area contributed by atoms with Crippen LogP contribution in [0, 0.1) is 46.3 Å². The van der Waals surface area contributed by atoms with Crippen molar-refractivity contribution < 1.29 is 24.8 Å². The van der Waals surface area contributed by atoms with E-state index in [-0.39, 0.29) is 11.5 Å². The molecule has 5 aliphatic rings. The summed E-state index contributed by atoms with van der Waals surface area (Å²) in [5.41, 5.74) is 2.31. The first kappa shape index (κ1) is 29.0. The third-order valence-corrected chi connectivity index (χ3v) is 12.4. The van der Waals surface area contributed by atoms with E-state index in [1.807, 2.05) is 0 Å². The lowest BCUT2D eigenvalue weighted by atomic mass is 9.47. The Bertz CT molecular complexity index is 856. The molecule has 0 spiro atoms. The number of hydrogen-bond donors (Lipinski definition) is 3. The molecule has 4 fully saturated rings. The molecule has 3 N–H and O–H groups in total. The van der Waals surface area contributed by atoms with Gasteiger partial charge in [0, 0.05) is 0 Å². The van der Waals surface area contributed by atoms with Gasteiger partial charge in [-0.1, -0.05) is 65.5 Å². The molecule has 0 aromatic heterocycles. The molecule has 0 radical (unpaired) electrons. The maximum Gasteiger partial charge on any atom is 0.186 e. The van der Waals surface area contributed by atoms with Crippen LogP contribution in [0.3, 0.4) is 0 Å². The molecule has 1 saturated heterocycles. The molecule has 13 atom stereocenters. The van der Waals surface area contributed by atoms with E-state index in [9.17, 15) is 15.3 Å². The van der Waals surface area contributed by atoms with Crippen molar-refractivity contribution in [2.45, 2.75) is 149 Å². The van der Waals surface area contributed by atoms with Crippen LogP contribution in [0.15, 0.2) is 11.6 Å². The first-order valence-corrected chi connectivity index (χ1v) is 16.0. The van der Waals surface area contributed by atoms with E-state index < -0.39 is 30.7 Å². The molecule has 218 valence electrons. The highest BCUT2D eigenvalue weighted by Crippen LogP contribution is 2.67. The summed E-state index contributed by atoms with van der Waals surface area (Å²) in [6, 6.07) is 0. The average molecular weight is 533 g/mol. The Morgan fingerprint density at radius 1 is 0.947 bits per heavy atom. The van der Waals surface area contributed by atoms with Crippen LogP contribution in [0.2, 0.25) is 0 Å². The lowest BCUT2D eigenvalue weighted by molar-refractivity contribution is -0.305. The third kappa shape index (κ3) is 5.06. The van der Waals surface area contributed by atoms with Gasteiger partial charge in [0.05, 0.1) is 12.2 Å². The monoisotopic (exact) mass is 532 g/mol. The smallest absolute Gasteiger partial charge is 0.186 e. The fraction of sp³-hybridized carbons (Fsp3) is 0.939. The van der Waals surface area contributed by atoms with Crippen molar-refractivity contribution in [3.05, 3.63) is 11.6 Å². The molecular weight excluding hydrogens is 476 g/mol. The Labute approximate surface area is 231 Å². The molecule has 1 aliphatic heterocycles. The Hall–Kier alpha value is -0.460. The summed E-state index contributed by atoms with van der Waals surface area (Å²) in [6.07, 6.45) is 11.5. The van der Waals surface area contributed by atoms with Gasteiger partial charge in [-0.05, 0) is 105 Å². The minimum Gasteiger partial charge on any atom is -0.388 e. The summed E-state index contributed by atoms with van der Waals surface area (Å²) in [6.45, 7) is 14.2. The average Bonchev–Trinajstić information content (AvgIpc) is 3.23. The van der Waals surface area contributed by atoms with Gasteiger partial charge in [0.2, 0.25) is 0 Å². The van der Waals surface area contributed by atoms with Crippen molar-refractivity contribution in [2.24, 2.45) is 46.3 Å². The van der Waals surface area contributed by atoms with Crippen molar-refractivity contribution >= 4 is 0 Å². The van der Waals surface area contributed by atoms with Gasteiger partial charge in [-0.2, -0.15) is 0 Å². The van der Waals surface area contributed by atoms with Crippen molar-refractivity contribution in [1.82, 2.24) is 0 Å². The molecule has 1 heterocycles. The Balaban J connectivity index is 1.24. The van der Waals surface area contributed by atoms with Gasteiger partial charge in [-0.3, -0.25) is 0 Å². The molecule has 3 saturated carbocycles. The maximum absolute atomic E-state index is 10.5. The van der Waals surface area contributed by atoms with Crippen LogP contribution in [0.25, 0.3) is 0 Å². The van der Waals surface area contributed by atoms with E-state index in [0.29, 0.717) is 5.41 Å². The van der Waals surface area contributed by atoms with Gasteiger partial charge in [-0.25, -0.2) is 0 Å². The Morgan fingerprint density at radius 3 is 2.45 bits per heavy atom. The summed E-state index contributed by atoms with van der Waals surface area (Å²) in [7, 11) is 0. The zero-order chi connectivity index (χ0) is 27.4. The predicted molar refractivity (Wildman–Crippen MR) is 150 cm³/mol. The minimum absolute atomic E-state index is 0.0171. The summed E-state index contributed by atoms with van der Waals surface area (Å²) < 4.78 is 12.0. The van der Waals surface area contributed by atoms with Gasteiger partial charge < -0.3 is 24.8 Å². The van der Waals surface area contributed by atoms with Crippen LogP contribution in [0.5, 0.6) is 0 Å². The minimum atomic E-state index is -1.24. The van der Waals surface area contributed by atoms with Gasteiger partial charge >= 0.3 is 0 Å². The number of aliphatic hydroxyl groups is 3. The largest absolute Gasteiger partial charge is 0.388 e. The second-order valence-corrected chi connectivity index (χ2v) is 15.0. The lowest BCUT2D eigenvalue weighted by Crippen LogP contribution is -2.58. The summed E-state index contributed by atoms with van der Waals surface area (Å²) in [5.74, 6) is 5.00. The Morgan fingerprint density at radius 2 is 1.71 bits per heavy atom. The molecule has 0 aromatic carbocycles. The maximum atomic E-state index is 10.5. The van der Waals surface area contributed by atoms with Crippen LogP contribution < -0.4 is 0 Å². The highest BCUT2D eigenvalue weighted by atomic mass is 16.7. The van der Waals surface area contributed by atoms with Gasteiger partial charge in [0.25, 0.3) is 0 Å². The van der Waals surface area contributed by atoms with Crippen molar-refractivity contribution in [3.8, 4) is 0 Å². The van der Waals surface area contributed by atoms with E-state index in [0.717, 1.165) is 54.8 Å². The lowest BCUT2D eigenvalue weighted by Gasteiger charge is -2.58. The van der Waals surface area contributed by atoms with E-state index in [1.54, 1.807) is 12.5 Å². The number of ether oxygens (including phenoxy) is 2. The van der Waals surface area contributed by atoms with E-state index in [1.165, 1.54) is 51.4 Å². The van der Waals surface area contributed by atoms with Crippen LogP contribution in [-0.2, 0) is 9.47 Å². The van der Waals surface area contributed by atoms with Gasteiger partial charge in [0.1, 0.15) is 18.3 Å². The number of rotatable bonds is 7. The quantitative estimate of drug-likeness (QED) is 0.338. The predicted octanol–water partition coefficient (Wildman–Crippen LogP) is 6.24. The molecule has 13 unspecified atom stereocenters. The molecule has 38 heavy (non-hydrogen) atoms. The molecule has 0 amide bonds. The molecule has 5 nitrogen and oxygen atoms in total. The first-order valence-electron chi connectivity index (χ1n) is 16.0. The van der Waals surface area contributed by atoms with Crippen LogP contribution in [0.1, 0.15) is 112 Å². The fourth-order valence-corrected chi connectivity index (χ4v) is 10.1. The van der Waals surface area contributed by atoms with Crippen LogP contribution in [-0.4, -0.2) is 52.1 Å². The van der Waals surface area contributed by atoms with E-state index in [2.05, 4.69) is 40.7 Å². The first-order chi connectivity index (χ1) is 18.0. The standard InChI is InChI=1S/C33H56O5/c1-19(2)8-7-9-20(3)25-12-13-26-24-11-10-22-18-23(38-31-30(36)29(35)28(34)21(4)37-31)14-16-32(22,5)27(24)15-17-33(25,26)6/h10,19-21,23-31,34-36H,7-9,11-18H2,1-6H3. The third-order valence-electron chi connectivity index (χ3n) is 12.4. The zero-order valence-electron chi connectivity index (χ0n) is 24.9. The van der Waals surface area contributed by atoms with Crippen molar-refractivity contribution in [1.29, 1.82) is 0 Å². The zero-order valence-corrected chi connectivity index (χ0v) is 24.9. The molecule has 5 rings (SSSR count). The molecule has 0 aromatic rings. The van der Waals surface area contributed by atoms with Gasteiger partial charge in [-0.15, -0.1) is 0 Å². The SMILES string of the molecule is CC(C)CCCC(C)C1CCC2C3CC=C4CC(OC5OC(C)C(O)C(O)C5O)CCC4(C)C3CCC12C.